The summed E-state index contributed by atoms with van der Waals surface area (Å²) in [6.07, 6.45) is 0. The van der Waals surface area contributed by atoms with Crippen molar-refractivity contribution in [3.8, 4) is 35.4 Å². The number of nitriles is 2. The van der Waals surface area contributed by atoms with E-state index in [0.29, 0.717) is 22.6 Å². The third-order valence-corrected chi connectivity index (χ3v) is 3.43. The fourth-order valence-electron chi connectivity index (χ4n) is 2.23. The van der Waals surface area contributed by atoms with Gasteiger partial charge >= 0.3 is 0 Å². The lowest BCUT2D eigenvalue weighted by atomic mass is 10.2. The Kier molecular flexibility index (Phi) is 4.97. The molecule has 0 unspecified atom stereocenters. The van der Waals surface area contributed by atoms with Crippen LogP contribution in [0.15, 0.2) is 60.7 Å². The summed E-state index contributed by atoms with van der Waals surface area (Å²) in [5.41, 5.74) is 6.35. The monoisotopic (exact) mass is 356 g/mol. The van der Waals surface area contributed by atoms with Crippen molar-refractivity contribution in [2.75, 3.05) is 0 Å². The van der Waals surface area contributed by atoms with Crippen molar-refractivity contribution < 1.29 is 14.3 Å². The zero-order valence-electron chi connectivity index (χ0n) is 13.9. The van der Waals surface area contributed by atoms with Gasteiger partial charge in [0.25, 0.3) is 0 Å². The van der Waals surface area contributed by atoms with E-state index in [4.69, 9.17) is 25.7 Å². The number of nitrogens with two attached hydrogens (primary N) is 1. The molecule has 7 nitrogen and oxygen atoms in total. The van der Waals surface area contributed by atoms with E-state index in [1.165, 1.54) is 24.3 Å². The number of rotatable bonds is 5. The van der Waals surface area contributed by atoms with Gasteiger partial charge in [-0.2, -0.15) is 15.5 Å². The van der Waals surface area contributed by atoms with Gasteiger partial charge < -0.3 is 15.2 Å². The largest absolute Gasteiger partial charge is 0.439 e. The lowest BCUT2D eigenvalue weighted by Crippen LogP contribution is -2.11. The van der Waals surface area contributed by atoms with Gasteiger partial charge in [-0.05, 0) is 36.4 Å². The fraction of sp³-hybridized carbons (Fsp3) is 0. The third-order valence-electron chi connectivity index (χ3n) is 3.43. The van der Waals surface area contributed by atoms with E-state index in [0.717, 1.165) is 0 Å². The number of aromatic nitrogens is 1. The molecule has 0 saturated heterocycles. The molecule has 0 saturated carbocycles. The molecule has 1 amide bonds. The Bertz CT molecular complexity index is 1020. The maximum absolute atomic E-state index is 11.6. The van der Waals surface area contributed by atoms with E-state index in [9.17, 15) is 4.79 Å². The second-order valence-electron chi connectivity index (χ2n) is 5.38. The molecule has 27 heavy (non-hydrogen) atoms. The van der Waals surface area contributed by atoms with Gasteiger partial charge in [0, 0.05) is 17.7 Å². The van der Waals surface area contributed by atoms with Gasteiger partial charge in [0.05, 0.1) is 23.3 Å². The number of nitrogens with zero attached hydrogens (tertiary/aromatic N) is 3. The summed E-state index contributed by atoms with van der Waals surface area (Å²) < 4.78 is 11.3. The molecule has 1 aromatic heterocycles. The number of amides is 1. The minimum absolute atomic E-state index is 0.0767. The summed E-state index contributed by atoms with van der Waals surface area (Å²) in [5.74, 6) is 0.227. The lowest BCUT2D eigenvalue weighted by Gasteiger charge is -2.10. The van der Waals surface area contributed by atoms with Gasteiger partial charge in [-0.15, -0.1) is 0 Å². The zero-order chi connectivity index (χ0) is 19.2. The Hall–Kier alpha value is -4.36. The summed E-state index contributed by atoms with van der Waals surface area (Å²) >= 11 is 0. The number of carbonyl (C=O) groups is 1. The molecule has 0 aliphatic heterocycles. The highest BCUT2D eigenvalue weighted by Crippen LogP contribution is 2.27. The SMILES string of the molecule is N#Cc1cccc(Oc2cc(C(N)=O)cc(Oc3cccc(C#N)c3)n2)c1. The predicted octanol–water partition coefficient (Wildman–Crippen LogP) is 3.51. The standard InChI is InChI=1S/C20H12N4O3/c21-11-13-3-1-5-16(7-13)26-18-9-15(20(23)25)10-19(24-18)27-17-6-2-4-14(8-17)12-22/h1-10H,(H2,23,25). The normalized spacial score (nSPS) is 9.70. The molecular weight excluding hydrogens is 344 g/mol. The maximum Gasteiger partial charge on any atom is 0.249 e. The van der Waals surface area contributed by atoms with E-state index in [1.54, 1.807) is 36.4 Å². The van der Waals surface area contributed by atoms with Crippen LogP contribution in [0.2, 0.25) is 0 Å². The molecule has 7 heteroatoms. The average molecular weight is 356 g/mol. The Morgan fingerprint density at radius 2 is 1.33 bits per heavy atom. The Morgan fingerprint density at radius 3 is 1.74 bits per heavy atom. The van der Waals surface area contributed by atoms with Crippen molar-refractivity contribution in [1.29, 1.82) is 10.5 Å². The van der Waals surface area contributed by atoms with E-state index in [-0.39, 0.29) is 17.3 Å². The van der Waals surface area contributed by atoms with Gasteiger partial charge in [0.15, 0.2) is 0 Å². The van der Waals surface area contributed by atoms with Crippen molar-refractivity contribution in [2.45, 2.75) is 0 Å². The molecule has 0 aliphatic rings. The van der Waals surface area contributed by atoms with Crippen LogP contribution in [0.4, 0.5) is 0 Å². The van der Waals surface area contributed by atoms with Crippen molar-refractivity contribution >= 4 is 5.91 Å². The molecule has 0 radical (unpaired) electrons. The number of carbonyl (C=O) groups excluding carboxylic acids is 1. The van der Waals surface area contributed by atoms with Gasteiger partial charge in [0.1, 0.15) is 11.5 Å². The molecule has 0 fully saturated rings. The van der Waals surface area contributed by atoms with Crippen molar-refractivity contribution in [3.05, 3.63) is 77.4 Å². The third kappa shape index (κ3) is 4.38. The van der Waals surface area contributed by atoms with Gasteiger partial charge in [0.2, 0.25) is 17.7 Å². The van der Waals surface area contributed by atoms with E-state index in [1.807, 2.05) is 12.1 Å². The molecule has 2 N–H and O–H groups in total. The van der Waals surface area contributed by atoms with Gasteiger partial charge in [-0.25, -0.2) is 0 Å². The van der Waals surface area contributed by atoms with E-state index >= 15 is 0 Å². The molecule has 0 bridgehead atoms. The van der Waals surface area contributed by atoms with Gasteiger partial charge in [-0.3, -0.25) is 4.79 Å². The molecule has 0 spiro atoms. The topological polar surface area (TPSA) is 122 Å². The van der Waals surface area contributed by atoms with Crippen LogP contribution >= 0.6 is 0 Å². The number of benzene rings is 2. The highest BCUT2D eigenvalue weighted by Gasteiger charge is 2.11. The molecule has 3 aromatic rings. The first-order valence-corrected chi connectivity index (χ1v) is 7.75. The van der Waals surface area contributed by atoms with Crippen LogP contribution in [-0.2, 0) is 0 Å². The first-order valence-electron chi connectivity index (χ1n) is 7.75. The molecule has 130 valence electrons. The minimum Gasteiger partial charge on any atom is -0.439 e. The summed E-state index contributed by atoms with van der Waals surface area (Å²) in [6.45, 7) is 0. The number of primary amides is 1. The van der Waals surface area contributed by atoms with Crippen LogP contribution in [0.3, 0.4) is 0 Å². The van der Waals surface area contributed by atoms with Crippen molar-refractivity contribution in [3.63, 3.8) is 0 Å². The predicted molar refractivity (Wildman–Crippen MR) is 95.2 cm³/mol. The van der Waals surface area contributed by atoms with Crippen LogP contribution in [0.5, 0.6) is 23.3 Å². The van der Waals surface area contributed by atoms with Crippen molar-refractivity contribution in [1.82, 2.24) is 4.98 Å². The summed E-state index contributed by atoms with van der Waals surface area (Å²) in [6, 6.07) is 19.7. The lowest BCUT2D eigenvalue weighted by molar-refractivity contribution is 0.0999. The smallest absolute Gasteiger partial charge is 0.249 e. The first-order chi connectivity index (χ1) is 13.1. The van der Waals surface area contributed by atoms with Crippen LogP contribution < -0.4 is 15.2 Å². The van der Waals surface area contributed by atoms with Crippen molar-refractivity contribution in [2.24, 2.45) is 5.73 Å². The molecule has 3 rings (SSSR count). The minimum atomic E-state index is -0.677. The Balaban J connectivity index is 1.93. The van der Waals surface area contributed by atoms with E-state index in [2.05, 4.69) is 4.98 Å². The highest BCUT2D eigenvalue weighted by molar-refractivity contribution is 5.93. The quantitative estimate of drug-likeness (QED) is 0.746. The first kappa shape index (κ1) is 17.5. The molecular formula is C20H12N4O3. The Labute approximate surface area is 154 Å². The summed E-state index contributed by atoms with van der Waals surface area (Å²) in [7, 11) is 0. The van der Waals surface area contributed by atoms with Gasteiger partial charge in [-0.1, -0.05) is 12.1 Å². The average Bonchev–Trinajstić information content (AvgIpc) is 2.68. The molecule has 2 aromatic carbocycles. The van der Waals surface area contributed by atoms with E-state index < -0.39 is 5.91 Å². The number of hydrogen-bond acceptors (Lipinski definition) is 6. The number of hydrogen-bond donors (Lipinski definition) is 1. The Morgan fingerprint density at radius 1 is 0.852 bits per heavy atom. The number of ether oxygens (including phenoxy) is 2. The molecule has 0 aliphatic carbocycles. The van der Waals surface area contributed by atoms with Crippen LogP contribution in [0, 0.1) is 22.7 Å². The van der Waals surface area contributed by atoms with Crippen LogP contribution in [-0.4, -0.2) is 10.9 Å². The zero-order valence-corrected chi connectivity index (χ0v) is 13.9. The maximum atomic E-state index is 11.6. The highest BCUT2D eigenvalue weighted by atomic mass is 16.5. The summed E-state index contributed by atoms with van der Waals surface area (Å²) in [5, 5.41) is 17.9. The van der Waals surface area contributed by atoms with Crippen LogP contribution in [0.1, 0.15) is 21.5 Å². The molecule has 0 atom stereocenters. The summed E-state index contributed by atoms with van der Waals surface area (Å²) in [4.78, 5) is 15.8. The second kappa shape index (κ2) is 7.68. The molecule has 1 heterocycles. The fourth-order valence-corrected chi connectivity index (χ4v) is 2.23. The second-order valence-corrected chi connectivity index (χ2v) is 5.38. The van der Waals surface area contributed by atoms with Crippen LogP contribution in [0.25, 0.3) is 0 Å². The number of pyridine rings is 1.